The minimum Gasteiger partial charge on any atom is -0.465 e. The number of rotatable bonds is 6. The molecule has 1 aromatic carbocycles. The molecule has 1 aromatic rings. The molecule has 2 rings (SSSR count). The summed E-state index contributed by atoms with van der Waals surface area (Å²) in [7, 11) is 0. The Kier molecular flexibility index (Phi) is 6.14. The van der Waals surface area contributed by atoms with E-state index < -0.39 is 5.54 Å². The Morgan fingerprint density at radius 3 is 2.76 bits per heavy atom. The minimum absolute atomic E-state index is 0.0919. The van der Waals surface area contributed by atoms with Crippen LogP contribution in [-0.2, 0) is 9.53 Å². The zero-order valence-corrected chi connectivity index (χ0v) is 14.9. The molecule has 1 N–H and O–H groups in total. The Hall–Kier alpha value is -0.520. The molecule has 0 spiro atoms. The zero-order valence-electron chi connectivity index (χ0n) is 12.5. The number of benzene rings is 1. The first-order chi connectivity index (χ1) is 10.1. The van der Waals surface area contributed by atoms with Gasteiger partial charge in [0.15, 0.2) is 0 Å². The van der Waals surface area contributed by atoms with Crippen LogP contribution in [0.2, 0.25) is 0 Å². The van der Waals surface area contributed by atoms with Crippen molar-refractivity contribution in [3.8, 4) is 0 Å². The van der Waals surface area contributed by atoms with E-state index in [9.17, 15) is 4.79 Å². The van der Waals surface area contributed by atoms with E-state index in [1.165, 1.54) is 4.90 Å². The van der Waals surface area contributed by atoms with Crippen LogP contribution in [0.15, 0.2) is 33.6 Å². The Morgan fingerprint density at radius 1 is 1.43 bits per heavy atom. The number of ether oxygens (including phenoxy) is 1. The molecule has 0 saturated heterocycles. The van der Waals surface area contributed by atoms with E-state index in [1.807, 2.05) is 25.6 Å². The molecule has 0 aliphatic heterocycles. The fourth-order valence-corrected chi connectivity index (χ4v) is 4.38. The fourth-order valence-electron chi connectivity index (χ4n) is 2.83. The number of hydrogen-bond donors (Lipinski definition) is 1. The van der Waals surface area contributed by atoms with E-state index >= 15 is 0 Å². The number of esters is 1. The number of carbonyl (C=O) groups excluding carboxylic acids is 1. The van der Waals surface area contributed by atoms with Crippen LogP contribution in [0.4, 0.5) is 0 Å². The fraction of sp³-hybridized carbons (Fsp3) is 0.562. The quantitative estimate of drug-likeness (QED) is 0.766. The Labute approximate surface area is 139 Å². The molecule has 1 aliphatic rings. The normalized spacial score (nSPS) is 25.0. The summed E-state index contributed by atoms with van der Waals surface area (Å²) in [6.45, 7) is 5.13. The van der Waals surface area contributed by atoms with E-state index in [1.54, 1.807) is 0 Å². The number of nitrogens with one attached hydrogen (secondary N) is 1. The topological polar surface area (TPSA) is 38.3 Å². The lowest BCUT2D eigenvalue weighted by Gasteiger charge is -2.27. The first kappa shape index (κ1) is 16.8. The summed E-state index contributed by atoms with van der Waals surface area (Å²) in [6, 6.07) is 8.35. The van der Waals surface area contributed by atoms with Crippen molar-refractivity contribution >= 4 is 33.7 Å². The molecule has 0 bridgehead atoms. The first-order valence-electron chi connectivity index (χ1n) is 7.44. The average molecular weight is 372 g/mol. The molecule has 3 nitrogen and oxygen atoms in total. The Bertz CT molecular complexity index is 480. The van der Waals surface area contributed by atoms with Crippen LogP contribution < -0.4 is 5.32 Å². The van der Waals surface area contributed by atoms with E-state index in [4.69, 9.17) is 4.74 Å². The van der Waals surface area contributed by atoms with E-state index in [2.05, 4.69) is 45.5 Å². The standard InChI is InChI=1S/C16H22BrNO2S/c1-3-18-16(15(19)20-4-2)10-9-14(11-16)21-13-7-5-12(17)6-8-13/h5-8,14,18H,3-4,9-11H2,1-2H3. The first-order valence-corrected chi connectivity index (χ1v) is 9.11. The van der Waals surface area contributed by atoms with Crippen molar-refractivity contribution in [3.05, 3.63) is 28.7 Å². The second-order valence-corrected chi connectivity index (χ2v) is 7.56. The number of thioether (sulfide) groups is 1. The van der Waals surface area contributed by atoms with Crippen molar-refractivity contribution < 1.29 is 9.53 Å². The van der Waals surface area contributed by atoms with Gasteiger partial charge in [0.05, 0.1) is 6.61 Å². The van der Waals surface area contributed by atoms with Gasteiger partial charge in [-0.2, -0.15) is 0 Å². The zero-order chi connectivity index (χ0) is 15.3. The van der Waals surface area contributed by atoms with E-state index in [0.717, 1.165) is 30.3 Å². The highest BCUT2D eigenvalue weighted by atomic mass is 79.9. The molecule has 21 heavy (non-hydrogen) atoms. The lowest BCUT2D eigenvalue weighted by Crippen LogP contribution is -2.51. The molecule has 1 saturated carbocycles. The minimum atomic E-state index is -0.488. The molecule has 0 heterocycles. The molecule has 0 amide bonds. The van der Waals surface area contributed by atoms with Gasteiger partial charge in [0.25, 0.3) is 0 Å². The number of likely N-dealkylation sites (N-methyl/N-ethyl adjacent to an activating group) is 1. The maximum Gasteiger partial charge on any atom is 0.326 e. The van der Waals surface area contributed by atoms with Crippen molar-refractivity contribution in [2.75, 3.05) is 13.2 Å². The molecule has 5 heteroatoms. The molecular weight excluding hydrogens is 350 g/mol. The summed E-state index contributed by atoms with van der Waals surface area (Å²) in [6.07, 6.45) is 2.72. The van der Waals surface area contributed by atoms with Gasteiger partial charge in [0.1, 0.15) is 5.54 Å². The van der Waals surface area contributed by atoms with Crippen molar-refractivity contribution in [2.45, 2.75) is 48.8 Å². The van der Waals surface area contributed by atoms with Gasteiger partial charge in [0, 0.05) is 14.6 Å². The van der Waals surface area contributed by atoms with Gasteiger partial charge in [-0.25, -0.2) is 0 Å². The predicted octanol–water partition coefficient (Wildman–Crippen LogP) is 4.01. The van der Waals surface area contributed by atoms with Gasteiger partial charge in [0.2, 0.25) is 0 Å². The average Bonchev–Trinajstić information content (AvgIpc) is 2.86. The van der Waals surface area contributed by atoms with Crippen LogP contribution in [0.25, 0.3) is 0 Å². The predicted molar refractivity (Wildman–Crippen MR) is 90.7 cm³/mol. The van der Waals surface area contributed by atoms with Crippen LogP contribution in [-0.4, -0.2) is 29.9 Å². The number of carbonyl (C=O) groups is 1. The molecule has 0 radical (unpaired) electrons. The van der Waals surface area contributed by atoms with Gasteiger partial charge in [-0.1, -0.05) is 22.9 Å². The Balaban J connectivity index is 2.02. The van der Waals surface area contributed by atoms with Crippen LogP contribution >= 0.6 is 27.7 Å². The molecule has 1 aliphatic carbocycles. The van der Waals surface area contributed by atoms with Crippen molar-refractivity contribution in [2.24, 2.45) is 0 Å². The highest BCUT2D eigenvalue weighted by molar-refractivity contribution is 9.10. The van der Waals surface area contributed by atoms with Crippen LogP contribution in [0.3, 0.4) is 0 Å². The molecule has 1 fully saturated rings. The molecule has 2 atom stereocenters. The molecule has 116 valence electrons. The summed E-state index contributed by atoms with van der Waals surface area (Å²) in [5.41, 5.74) is -0.488. The van der Waals surface area contributed by atoms with Gasteiger partial charge < -0.3 is 10.1 Å². The second kappa shape index (κ2) is 7.65. The summed E-state index contributed by atoms with van der Waals surface area (Å²) < 4.78 is 6.37. The van der Waals surface area contributed by atoms with Gasteiger partial charge in [-0.3, -0.25) is 4.79 Å². The van der Waals surface area contributed by atoms with E-state index in [-0.39, 0.29) is 5.97 Å². The summed E-state index contributed by atoms with van der Waals surface area (Å²) >= 11 is 5.31. The largest absolute Gasteiger partial charge is 0.465 e. The third-order valence-corrected chi connectivity index (χ3v) is 5.58. The van der Waals surface area contributed by atoms with Gasteiger partial charge in [-0.05, 0) is 57.0 Å². The highest BCUT2D eigenvalue weighted by Gasteiger charge is 2.46. The molecule has 0 aromatic heterocycles. The maximum absolute atomic E-state index is 12.3. The van der Waals surface area contributed by atoms with Gasteiger partial charge in [-0.15, -0.1) is 11.8 Å². The third kappa shape index (κ3) is 4.24. The smallest absolute Gasteiger partial charge is 0.326 e. The highest BCUT2D eigenvalue weighted by Crippen LogP contribution is 2.41. The SMILES string of the molecule is CCNC1(C(=O)OCC)CCC(Sc2ccc(Br)cc2)C1. The Morgan fingerprint density at radius 2 is 2.14 bits per heavy atom. The maximum atomic E-state index is 12.3. The molecule has 2 unspecified atom stereocenters. The van der Waals surface area contributed by atoms with Crippen molar-refractivity contribution in [3.63, 3.8) is 0 Å². The lowest BCUT2D eigenvalue weighted by molar-refractivity contribution is -0.151. The summed E-state index contributed by atoms with van der Waals surface area (Å²) in [5.74, 6) is -0.0919. The third-order valence-electron chi connectivity index (χ3n) is 3.77. The summed E-state index contributed by atoms with van der Waals surface area (Å²) in [5, 5.41) is 3.83. The second-order valence-electron chi connectivity index (χ2n) is 5.27. The van der Waals surface area contributed by atoms with Crippen molar-refractivity contribution in [1.29, 1.82) is 0 Å². The van der Waals surface area contributed by atoms with Crippen LogP contribution in [0.1, 0.15) is 33.1 Å². The summed E-state index contributed by atoms with van der Waals surface area (Å²) in [4.78, 5) is 13.5. The van der Waals surface area contributed by atoms with Gasteiger partial charge >= 0.3 is 5.97 Å². The lowest BCUT2D eigenvalue weighted by atomic mass is 9.98. The number of hydrogen-bond acceptors (Lipinski definition) is 4. The number of halogens is 1. The van der Waals surface area contributed by atoms with Crippen LogP contribution in [0, 0.1) is 0 Å². The van der Waals surface area contributed by atoms with E-state index in [0.29, 0.717) is 11.9 Å². The van der Waals surface area contributed by atoms with Crippen LogP contribution in [0.5, 0.6) is 0 Å². The molecular formula is C16H22BrNO2S. The van der Waals surface area contributed by atoms with Crippen molar-refractivity contribution in [1.82, 2.24) is 5.32 Å². The monoisotopic (exact) mass is 371 g/mol.